The molecule has 0 aliphatic heterocycles. The summed E-state index contributed by atoms with van der Waals surface area (Å²) in [7, 11) is 0. The van der Waals surface area contributed by atoms with E-state index < -0.39 is 0 Å². The number of rotatable bonds is 4. The quantitative estimate of drug-likeness (QED) is 0.868. The minimum Gasteiger partial charge on any atom is -0.330 e. The molecule has 0 heterocycles. The SMILES string of the molecule is NCC(Cc1ccc(F)c(Br)c1)c1cccc(Cl)c1. The van der Waals surface area contributed by atoms with E-state index in [0.29, 0.717) is 16.0 Å². The number of hydrogen-bond acceptors (Lipinski definition) is 1. The largest absolute Gasteiger partial charge is 0.330 e. The molecule has 0 aliphatic rings. The second-order valence-corrected chi connectivity index (χ2v) is 5.73. The van der Waals surface area contributed by atoms with Crippen molar-refractivity contribution in [2.24, 2.45) is 5.73 Å². The molecule has 1 unspecified atom stereocenters. The zero-order valence-electron chi connectivity index (χ0n) is 10.2. The molecule has 0 bridgehead atoms. The second-order valence-electron chi connectivity index (χ2n) is 4.44. The first kappa shape index (κ1) is 14.5. The number of halogens is 3. The number of benzene rings is 2. The molecule has 1 atom stereocenters. The van der Waals surface area contributed by atoms with Crippen LogP contribution in [-0.2, 0) is 6.42 Å². The van der Waals surface area contributed by atoms with E-state index in [-0.39, 0.29) is 11.7 Å². The highest BCUT2D eigenvalue weighted by atomic mass is 79.9. The highest BCUT2D eigenvalue weighted by molar-refractivity contribution is 9.10. The predicted octanol–water partition coefficient (Wildman–Crippen LogP) is 4.53. The van der Waals surface area contributed by atoms with Gasteiger partial charge in [0.05, 0.1) is 4.47 Å². The second kappa shape index (κ2) is 6.51. The van der Waals surface area contributed by atoms with Crippen LogP contribution < -0.4 is 5.73 Å². The Morgan fingerprint density at radius 3 is 2.63 bits per heavy atom. The summed E-state index contributed by atoms with van der Waals surface area (Å²) in [6, 6.07) is 12.7. The highest BCUT2D eigenvalue weighted by Crippen LogP contribution is 2.25. The molecule has 2 rings (SSSR count). The molecule has 19 heavy (non-hydrogen) atoms. The average molecular weight is 343 g/mol. The van der Waals surface area contributed by atoms with Gasteiger partial charge in [-0.05, 0) is 64.3 Å². The van der Waals surface area contributed by atoms with Gasteiger partial charge < -0.3 is 5.73 Å². The van der Waals surface area contributed by atoms with Crippen LogP contribution in [0.15, 0.2) is 46.9 Å². The molecule has 2 aromatic carbocycles. The van der Waals surface area contributed by atoms with Crippen LogP contribution in [0.3, 0.4) is 0 Å². The van der Waals surface area contributed by atoms with Gasteiger partial charge in [-0.2, -0.15) is 0 Å². The molecule has 0 aliphatic carbocycles. The lowest BCUT2D eigenvalue weighted by molar-refractivity contribution is 0.618. The smallest absolute Gasteiger partial charge is 0.137 e. The van der Waals surface area contributed by atoms with Crippen molar-refractivity contribution in [2.45, 2.75) is 12.3 Å². The molecule has 0 aromatic heterocycles. The Hall–Kier alpha value is -0.900. The van der Waals surface area contributed by atoms with Crippen molar-refractivity contribution in [3.63, 3.8) is 0 Å². The van der Waals surface area contributed by atoms with Gasteiger partial charge in [0.2, 0.25) is 0 Å². The Morgan fingerprint density at radius 1 is 1.21 bits per heavy atom. The topological polar surface area (TPSA) is 26.0 Å². The zero-order valence-corrected chi connectivity index (χ0v) is 12.6. The van der Waals surface area contributed by atoms with Gasteiger partial charge in [-0.15, -0.1) is 0 Å². The molecule has 2 N–H and O–H groups in total. The Bertz CT molecular complexity index is 574. The van der Waals surface area contributed by atoms with Crippen molar-refractivity contribution < 1.29 is 4.39 Å². The summed E-state index contributed by atoms with van der Waals surface area (Å²) in [6.07, 6.45) is 0.760. The van der Waals surface area contributed by atoms with Crippen LogP contribution in [0.25, 0.3) is 0 Å². The van der Waals surface area contributed by atoms with Crippen molar-refractivity contribution >= 4 is 27.5 Å². The molecule has 0 spiro atoms. The maximum Gasteiger partial charge on any atom is 0.137 e. The van der Waals surface area contributed by atoms with Gasteiger partial charge in [0, 0.05) is 10.9 Å². The van der Waals surface area contributed by atoms with Gasteiger partial charge in [0.15, 0.2) is 0 Å². The minimum atomic E-state index is -0.254. The highest BCUT2D eigenvalue weighted by Gasteiger charge is 2.12. The number of hydrogen-bond donors (Lipinski definition) is 1. The molecule has 0 saturated carbocycles. The first-order valence-electron chi connectivity index (χ1n) is 5.99. The van der Waals surface area contributed by atoms with Crippen molar-refractivity contribution in [2.75, 3.05) is 6.54 Å². The average Bonchev–Trinajstić information content (AvgIpc) is 2.40. The maximum atomic E-state index is 13.2. The summed E-state index contributed by atoms with van der Waals surface area (Å²) >= 11 is 9.20. The van der Waals surface area contributed by atoms with Crippen molar-refractivity contribution in [3.05, 3.63) is 68.9 Å². The van der Waals surface area contributed by atoms with Crippen LogP contribution in [0.1, 0.15) is 17.0 Å². The Morgan fingerprint density at radius 2 is 2.00 bits per heavy atom. The van der Waals surface area contributed by atoms with E-state index >= 15 is 0 Å². The van der Waals surface area contributed by atoms with Crippen molar-refractivity contribution in [1.29, 1.82) is 0 Å². The van der Waals surface area contributed by atoms with Crippen molar-refractivity contribution in [3.8, 4) is 0 Å². The van der Waals surface area contributed by atoms with Crippen LogP contribution in [0.4, 0.5) is 4.39 Å². The monoisotopic (exact) mass is 341 g/mol. The van der Waals surface area contributed by atoms with E-state index in [1.54, 1.807) is 12.1 Å². The first-order valence-corrected chi connectivity index (χ1v) is 7.16. The molecular weight excluding hydrogens is 329 g/mol. The molecule has 0 saturated heterocycles. The van der Waals surface area contributed by atoms with Crippen LogP contribution >= 0.6 is 27.5 Å². The summed E-state index contributed by atoms with van der Waals surface area (Å²) in [5, 5.41) is 0.705. The fourth-order valence-corrected chi connectivity index (χ4v) is 2.67. The summed E-state index contributed by atoms with van der Waals surface area (Å²) in [5.74, 6) is -0.0770. The van der Waals surface area contributed by atoms with Gasteiger partial charge in [0.25, 0.3) is 0 Å². The molecular formula is C15H14BrClFN. The fraction of sp³-hybridized carbons (Fsp3) is 0.200. The number of nitrogens with two attached hydrogens (primary N) is 1. The van der Waals surface area contributed by atoms with Crippen LogP contribution in [-0.4, -0.2) is 6.54 Å². The van der Waals surface area contributed by atoms with Gasteiger partial charge >= 0.3 is 0 Å². The van der Waals surface area contributed by atoms with Gasteiger partial charge in [-0.3, -0.25) is 0 Å². The van der Waals surface area contributed by atoms with E-state index in [0.717, 1.165) is 17.5 Å². The van der Waals surface area contributed by atoms with Crippen LogP contribution in [0, 0.1) is 5.82 Å². The molecule has 100 valence electrons. The van der Waals surface area contributed by atoms with Crippen molar-refractivity contribution in [1.82, 2.24) is 0 Å². The van der Waals surface area contributed by atoms with E-state index in [9.17, 15) is 4.39 Å². The van der Waals surface area contributed by atoms with E-state index in [1.807, 2.05) is 24.3 Å². The summed E-state index contributed by atoms with van der Waals surface area (Å²) in [4.78, 5) is 0. The lowest BCUT2D eigenvalue weighted by Crippen LogP contribution is -2.15. The molecule has 0 radical (unpaired) electrons. The molecule has 1 nitrogen and oxygen atoms in total. The van der Waals surface area contributed by atoms with E-state index in [1.165, 1.54) is 6.07 Å². The standard InChI is InChI=1S/C15H14BrClFN/c16-14-7-10(4-5-15(14)18)6-12(9-19)11-2-1-3-13(17)8-11/h1-5,7-8,12H,6,9,19H2. The summed E-state index contributed by atoms with van der Waals surface area (Å²) < 4.78 is 13.7. The Balaban J connectivity index is 2.21. The predicted molar refractivity (Wildman–Crippen MR) is 81.1 cm³/mol. The summed E-state index contributed by atoms with van der Waals surface area (Å²) in [6.45, 7) is 0.523. The third-order valence-corrected chi connectivity index (χ3v) is 3.91. The van der Waals surface area contributed by atoms with Crippen LogP contribution in [0.2, 0.25) is 5.02 Å². The molecule has 0 fully saturated rings. The third kappa shape index (κ3) is 3.78. The van der Waals surface area contributed by atoms with E-state index in [2.05, 4.69) is 15.9 Å². The van der Waals surface area contributed by atoms with Gasteiger partial charge in [-0.1, -0.05) is 29.8 Å². The first-order chi connectivity index (χ1) is 9.10. The molecule has 2 aromatic rings. The Labute approximate surface area is 125 Å². The van der Waals surface area contributed by atoms with Gasteiger partial charge in [-0.25, -0.2) is 4.39 Å². The lowest BCUT2D eigenvalue weighted by Gasteiger charge is -2.16. The summed E-state index contributed by atoms with van der Waals surface area (Å²) in [5.41, 5.74) is 7.99. The normalized spacial score (nSPS) is 12.4. The fourth-order valence-electron chi connectivity index (χ4n) is 2.05. The maximum absolute atomic E-state index is 13.2. The molecule has 4 heteroatoms. The lowest BCUT2D eigenvalue weighted by atomic mass is 9.92. The van der Waals surface area contributed by atoms with E-state index in [4.69, 9.17) is 17.3 Å². The molecule has 0 amide bonds. The van der Waals surface area contributed by atoms with Crippen LogP contribution in [0.5, 0.6) is 0 Å². The van der Waals surface area contributed by atoms with Gasteiger partial charge in [0.1, 0.15) is 5.82 Å². The zero-order chi connectivity index (χ0) is 13.8. The Kier molecular flexibility index (Phi) is 4.97. The third-order valence-electron chi connectivity index (χ3n) is 3.07. The minimum absolute atomic E-state index is 0.177.